The van der Waals surface area contributed by atoms with Crippen LogP contribution in [0.4, 0.5) is 0 Å². The van der Waals surface area contributed by atoms with Crippen molar-refractivity contribution in [2.45, 2.75) is 31.8 Å². The molecule has 0 radical (unpaired) electrons. The van der Waals surface area contributed by atoms with Gasteiger partial charge in [-0.05, 0) is 42.3 Å². The molecule has 0 bridgehead atoms. The van der Waals surface area contributed by atoms with Gasteiger partial charge in [-0.1, -0.05) is 6.07 Å². The molecule has 1 atom stereocenters. The van der Waals surface area contributed by atoms with Crippen molar-refractivity contribution in [1.82, 2.24) is 0 Å². The summed E-state index contributed by atoms with van der Waals surface area (Å²) in [6.45, 7) is 0. The minimum atomic E-state index is -0.252. The van der Waals surface area contributed by atoms with Crippen molar-refractivity contribution in [3.05, 3.63) is 46.5 Å². The number of furan rings is 1. The van der Waals surface area contributed by atoms with Crippen LogP contribution in [0.25, 0.3) is 0 Å². The second-order valence-electron chi connectivity index (χ2n) is 3.96. The van der Waals surface area contributed by atoms with E-state index in [0.29, 0.717) is 6.42 Å². The van der Waals surface area contributed by atoms with Crippen LogP contribution in [-0.4, -0.2) is 11.2 Å². The van der Waals surface area contributed by atoms with Crippen LogP contribution in [0.2, 0.25) is 0 Å². The molecule has 0 aliphatic heterocycles. The molecule has 0 amide bonds. The molecule has 86 valence electrons. The highest BCUT2D eigenvalue weighted by molar-refractivity contribution is 7.09. The Morgan fingerprint density at radius 3 is 3.00 bits per heavy atom. The number of thiophene rings is 1. The van der Waals surface area contributed by atoms with Gasteiger partial charge in [0.15, 0.2) is 0 Å². The van der Waals surface area contributed by atoms with Gasteiger partial charge in [0, 0.05) is 11.3 Å². The maximum atomic E-state index is 9.81. The van der Waals surface area contributed by atoms with Gasteiger partial charge in [-0.3, -0.25) is 0 Å². The van der Waals surface area contributed by atoms with Crippen LogP contribution in [0.15, 0.2) is 40.5 Å². The predicted molar refractivity (Wildman–Crippen MR) is 65.7 cm³/mol. The van der Waals surface area contributed by atoms with E-state index in [1.165, 1.54) is 4.88 Å². The molecule has 0 aliphatic carbocycles. The number of rotatable bonds is 6. The first-order valence-electron chi connectivity index (χ1n) is 5.56. The normalized spacial score (nSPS) is 12.8. The van der Waals surface area contributed by atoms with Crippen LogP contribution in [0, 0.1) is 0 Å². The van der Waals surface area contributed by atoms with Crippen molar-refractivity contribution in [1.29, 1.82) is 0 Å². The zero-order chi connectivity index (χ0) is 11.2. The lowest BCUT2D eigenvalue weighted by Crippen LogP contribution is -2.09. The summed E-state index contributed by atoms with van der Waals surface area (Å²) >= 11 is 1.78. The molecule has 0 aromatic carbocycles. The second kappa shape index (κ2) is 5.87. The lowest BCUT2D eigenvalue weighted by Gasteiger charge is -2.08. The van der Waals surface area contributed by atoms with E-state index in [9.17, 15) is 5.11 Å². The summed E-state index contributed by atoms with van der Waals surface area (Å²) in [6, 6.07) is 6.12. The number of aliphatic hydroxyl groups excluding tert-OH is 1. The lowest BCUT2D eigenvalue weighted by atomic mass is 10.1. The van der Waals surface area contributed by atoms with Crippen LogP contribution >= 0.6 is 11.3 Å². The molecule has 2 heterocycles. The first-order chi connectivity index (χ1) is 7.84. The standard InChI is InChI=1S/C13H16O2S/c14-12(9-11-6-7-15-10-11)3-1-4-13-5-2-8-16-13/h2,5-8,10,12,14H,1,3-4,9H2. The number of hydrogen-bond donors (Lipinski definition) is 1. The van der Waals surface area contributed by atoms with Gasteiger partial charge in [0.1, 0.15) is 0 Å². The Hall–Kier alpha value is -1.06. The quantitative estimate of drug-likeness (QED) is 0.835. The fraction of sp³-hybridized carbons (Fsp3) is 0.385. The van der Waals surface area contributed by atoms with Crippen molar-refractivity contribution < 1.29 is 9.52 Å². The lowest BCUT2D eigenvalue weighted by molar-refractivity contribution is 0.162. The highest BCUT2D eigenvalue weighted by Gasteiger charge is 2.06. The van der Waals surface area contributed by atoms with Crippen LogP contribution in [0.3, 0.4) is 0 Å². The fourth-order valence-corrected chi connectivity index (χ4v) is 2.50. The van der Waals surface area contributed by atoms with E-state index in [1.807, 2.05) is 6.07 Å². The average molecular weight is 236 g/mol. The average Bonchev–Trinajstić information content (AvgIpc) is 2.90. The topological polar surface area (TPSA) is 33.4 Å². The second-order valence-corrected chi connectivity index (χ2v) is 4.99. The summed E-state index contributed by atoms with van der Waals surface area (Å²) < 4.78 is 4.97. The summed E-state index contributed by atoms with van der Waals surface area (Å²) in [5.74, 6) is 0. The van der Waals surface area contributed by atoms with E-state index in [2.05, 4.69) is 17.5 Å². The van der Waals surface area contributed by atoms with Crippen molar-refractivity contribution >= 4 is 11.3 Å². The third-order valence-electron chi connectivity index (χ3n) is 2.59. The number of aryl methyl sites for hydroxylation is 1. The predicted octanol–water partition coefficient (Wildman–Crippen LogP) is 3.27. The maximum Gasteiger partial charge on any atom is 0.0935 e. The summed E-state index contributed by atoms with van der Waals surface area (Å²) in [7, 11) is 0. The molecule has 2 aromatic rings. The van der Waals surface area contributed by atoms with Gasteiger partial charge in [0.2, 0.25) is 0 Å². The Bertz CT molecular complexity index is 378. The molecule has 3 heteroatoms. The van der Waals surface area contributed by atoms with Crippen LogP contribution in [0.5, 0.6) is 0 Å². The van der Waals surface area contributed by atoms with Crippen molar-refractivity contribution in [2.75, 3.05) is 0 Å². The molecule has 0 spiro atoms. The first-order valence-corrected chi connectivity index (χ1v) is 6.44. The van der Waals surface area contributed by atoms with E-state index in [-0.39, 0.29) is 6.10 Å². The van der Waals surface area contributed by atoms with Gasteiger partial charge in [-0.25, -0.2) is 0 Å². The SMILES string of the molecule is OC(CCCc1cccs1)Cc1ccoc1. The first kappa shape index (κ1) is 11.4. The zero-order valence-electron chi connectivity index (χ0n) is 9.13. The molecule has 2 nitrogen and oxygen atoms in total. The van der Waals surface area contributed by atoms with Gasteiger partial charge in [-0.2, -0.15) is 0 Å². The molecule has 1 N–H and O–H groups in total. The van der Waals surface area contributed by atoms with Gasteiger partial charge < -0.3 is 9.52 Å². The monoisotopic (exact) mass is 236 g/mol. The Kier molecular flexibility index (Phi) is 4.19. The number of aliphatic hydroxyl groups is 1. The highest BCUT2D eigenvalue weighted by atomic mass is 32.1. The highest BCUT2D eigenvalue weighted by Crippen LogP contribution is 2.14. The molecule has 0 saturated heterocycles. The van der Waals surface area contributed by atoms with Crippen molar-refractivity contribution in [3.8, 4) is 0 Å². The molecule has 0 saturated carbocycles. The van der Waals surface area contributed by atoms with Crippen LogP contribution in [-0.2, 0) is 12.8 Å². The molecule has 0 fully saturated rings. The number of hydrogen-bond acceptors (Lipinski definition) is 3. The largest absolute Gasteiger partial charge is 0.472 e. The van der Waals surface area contributed by atoms with E-state index in [1.54, 1.807) is 23.9 Å². The minimum Gasteiger partial charge on any atom is -0.472 e. The summed E-state index contributed by atoms with van der Waals surface area (Å²) in [5, 5.41) is 11.9. The summed E-state index contributed by atoms with van der Waals surface area (Å²) in [4.78, 5) is 1.40. The molecule has 1 unspecified atom stereocenters. The maximum absolute atomic E-state index is 9.81. The summed E-state index contributed by atoms with van der Waals surface area (Å²) in [5.41, 5.74) is 1.07. The summed E-state index contributed by atoms with van der Waals surface area (Å²) in [6.07, 6.45) is 6.75. The molecular weight excluding hydrogens is 220 g/mol. The molecule has 2 aromatic heterocycles. The van der Waals surface area contributed by atoms with Crippen LogP contribution in [0.1, 0.15) is 23.3 Å². The van der Waals surface area contributed by atoms with E-state index < -0.39 is 0 Å². The van der Waals surface area contributed by atoms with Gasteiger partial charge in [0.25, 0.3) is 0 Å². The fourth-order valence-electron chi connectivity index (χ4n) is 1.75. The smallest absolute Gasteiger partial charge is 0.0935 e. The molecule has 16 heavy (non-hydrogen) atoms. The van der Waals surface area contributed by atoms with E-state index in [4.69, 9.17) is 4.42 Å². The Labute approximate surface area is 99.5 Å². The van der Waals surface area contributed by atoms with Crippen molar-refractivity contribution in [2.24, 2.45) is 0 Å². The molecular formula is C13H16O2S. The van der Waals surface area contributed by atoms with Crippen molar-refractivity contribution in [3.63, 3.8) is 0 Å². The molecule has 0 aliphatic rings. The van der Waals surface area contributed by atoms with Gasteiger partial charge in [-0.15, -0.1) is 11.3 Å². The van der Waals surface area contributed by atoms with E-state index >= 15 is 0 Å². The molecule has 2 rings (SSSR count). The van der Waals surface area contributed by atoms with Crippen LogP contribution < -0.4 is 0 Å². The van der Waals surface area contributed by atoms with Gasteiger partial charge in [0.05, 0.1) is 18.6 Å². The van der Waals surface area contributed by atoms with Gasteiger partial charge >= 0.3 is 0 Å². The Morgan fingerprint density at radius 2 is 2.31 bits per heavy atom. The Morgan fingerprint density at radius 1 is 1.38 bits per heavy atom. The minimum absolute atomic E-state index is 0.252. The van der Waals surface area contributed by atoms with E-state index in [0.717, 1.165) is 24.8 Å². The third kappa shape index (κ3) is 3.51. The Balaban J connectivity index is 1.66. The zero-order valence-corrected chi connectivity index (χ0v) is 9.95. The third-order valence-corrected chi connectivity index (χ3v) is 3.53.